The van der Waals surface area contributed by atoms with Crippen LogP contribution in [-0.2, 0) is 22.6 Å². The van der Waals surface area contributed by atoms with Gasteiger partial charge in [0.05, 0.1) is 12.0 Å². The fraction of sp³-hybridized carbons (Fsp3) is 0.619. The Labute approximate surface area is 155 Å². The fourth-order valence-corrected chi connectivity index (χ4v) is 4.89. The Morgan fingerprint density at radius 1 is 1.19 bits per heavy atom. The monoisotopic (exact) mass is 356 g/mol. The van der Waals surface area contributed by atoms with E-state index < -0.39 is 0 Å². The summed E-state index contributed by atoms with van der Waals surface area (Å²) < 4.78 is 5.14. The average molecular weight is 356 g/mol. The van der Waals surface area contributed by atoms with E-state index in [4.69, 9.17) is 4.74 Å². The first-order valence-corrected chi connectivity index (χ1v) is 9.93. The minimum Gasteiger partial charge on any atom is -0.457 e. The summed E-state index contributed by atoms with van der Waals surface area (Å²) in [4.78, 5) is 29.4. The van der Waals surface area contributed by atoms with Crippen LogP contribution in [0.2, 0.25) is 0 Å². The van der Waals surface area contributed by atoms with Gasteiger partial charge in [0.2, 0.25) is 5.91 Å². The van der Waals surface area contributed by atoms with Gasteiger partial charge in [-0.1, -0.05) is 25.0 Å². The van der Waals surface area contributed by atoms with Crippen LogP contribution in [0.4, 0.5) is 0 Å². The van der Waals surface area contributed by atoms with Gasteiger partial charge >= 0.3 is 5.97 Å². The van der Waals surface area contributed by atoms with Crippen molar-refractivity contribution in [2.75, 3.05) is 20.1 Å². The van der Waals surface area contributed by atoms with Gasteiger partial charge in [0.25, 0.3) is 0 Å². The molecule has 1 aliphatic carbocycles. The zero-order valence-corrected chi connectivity index (χ0v) is 15.6. The number of hydrogen-bond acceptors (Lipinski definition) is 4. The first kappa shape index (κ1) is 17.5. The molecule has 2 atom stereocenters. The highest BCUT2D eigenvalue weighted by Crippen LogP contribution is 2.30. The van der Waals surface area contributed by atoms with Crippen LogP contribution >= 0.6 is 0 Å². The number of carbonyl (C=O) groups is 2. The maximum absolute atomic E-state index is 13.0. The van der Waals surface area contributed by atoms with Crippen LogP contribution in [0.5, 0.6) is 0 Å². The van der Waals surface area contributed by atoms with Crippen LogP contribution in [0.3, 0.4) is 0 Å². The summed E-state index contributed by atoms with van der Waals surface area (Å²) >= 11 is 0. The molecular formula is C21H28N2O3. The zero-order valence-electron chi connectivity index (χ0n) is 15.6. The van der Waals surface area contributed by atoms with Crippen molar-refractivity contribution in [2.45, 2.75) is 63.6 Å². The maximum atomic E-state index is 13.0. The van der Waals surface area contributed by atoms with E-state index in [0.29, 0.717) is 30.7 Å². The smallest absolute Gasteiger partial charge is 0.338 e. The van der Waals surface area contributed by atoms with Gasteiger partial charge in [0.15, 0.2) is 0 Å². The minimum atomic E-state index is -0.274. The second kappa shape index (κ2) is 7.39. The van der Waals surface area contributed by atoms with E-state index in [1.54, 1.807) is 6.07 Å². The lowest BCUT2D eigenvalue weighted by molar-refractivity contribution is -0.133. The Morgan fingerprint density at radius 2 is 1.96 bits per heavy atom. The maximum Gasteiger partial charge on any atom is 0.338 e. The summed E-state index contributed by atoms with van der Waals surface area (Å²) in [5.74, 6) is -0.127. The molecule has 140 valence electrons. The molecule has 2 aliphatic heterocycles. The van der Waals surface area contributed by atoms with Crippen molar-refractivity contribution in [1.82, 2.24) is 9.80 Å². The third-order valence-corrected chi connectivity index (χ3v) is 6.38. The number of nitrogens with zero attached hydrogens (tertiary/aromatic N) is 2. The van der Waals surface area contributed by atoms with Crippen molar-refractivity contribution >= 4 is 11.9 Å². The number of cyclic esters (lactones) is 1. The van der Waals surface area contributed by atoms with Crippen LogP contribution in [-0.4, -0.2) is 53.9 Å². The number of likely N-dealkylation sites (N-methyl/N-ethyl adjacent to an activating group) is 1. The van der Waals surface area contributed by atoms with Crippen LogP contribution in [0.1, 0.15) is 60.0 Å². The first-order chi connectivity index (χ1) is 12.6. The lowest BCUT2D eigenvalue weighted by atomic mass is 9.88. The molecule has 2 unspecified atom stereocenters. The van der Waals surface area contributed by atoms with Crippen molar-refractivity contribution in [3.8, 4) is 0 Å². The summed E-state index contributed by atoms with van der Waals surface area (Å²) in [7, 11) is 1.96. The molecule has 1 aromatic rings. The number of carbonyl (C=O) groups excluding carboxylic acids is 2. The summed E-state index contributed by atoms with van der Waals surface area (Å²) in [5.41, 5.74) is 2.43. The van der Waals surface area contributed by atoms with Gasteiger partial charge in [-0.3, -0.25) is 9.69 Å². The van der Waals surface area contributed by atoms with E-state index >= 15 is 0 Å². The number of likely N-dealkylation sites (tertiary alicyclic amines) is 1. The molecule has 1 aromatic carbocycles. The second-order valence-corrected chi connectivity index (χ2v) is 7.86. The van der Waals surface area contributed by atoms with Crippen LogP contribution in [0, 0.1) is 0 Å². The van der Waals surface area contributed by atoms with Crippen molar-refractivity contribution in [2.24, 2.45) is 0 Å². The normalized spacial score (nSPS) is 25.8. The van der Waals surface area contributed by atoms with Crippen LogP contribution < -0.4 is 0 Å². The molecule has 4 rings (SSSR count). The molecule has 5 heteroatoms. The molecule has 0 bridgehead atoms. The Balaban J connectivity index is 1.48. The van der Waals surface area contributed by atoms with Crippen molar-refractivity contribution < 1.29 is 14.3 Å². The molecule has 1 saturated carbocycles. The van der Waals surface area contributed by atoms with E-state index in [1.165, 1.54) is 45.2 Å². The number of rotatable bonds is 4. The Bertz CT molecular complexity index is 696. The SMILES string of the molecule is CN(C(=O)Cc1cccc2c1COC2=O)C1CCCCC1N1CCCC1. The number of fused-ring (bicyclic) bond motifs is 1. The summed E-state index contributed by atoms with van der Waals surface area (Å²) in [6.07, 6.45) is 7.68. The Kier molecular flexibility index (Phi) is 4.98. The topological polar surface area (TPSA) is 49.9 Å². The second-order valence-electron chi connectivity index (χ2n) is 7.86. The third-order valence-electron chi connectivity index (χ3n) is 6.38. The number of amides is 1. The lowest BCUT2D eigenvalue weighted by Crippen LogP contribution is -2.53. The van der Waals surface area contributed by atoms with Gasteiger partial charge in [0.1, 0.15) is 6.61 Å². The van der Waals surface area contributed by atoms with Gasteiger partial charge in [0, 0.05) is 24.7 Å². The zero-order chi connectivity index (χ0) is 18.1. The van der Waals surface area contributed by atoms with Crippen molar-refractivity contribution in [1.29, 1.82) is 0 Å². The van der Waals surface area contributed by atoms with Gasteiger partial charge in [-0.05, 0) is 50.4 Å². The molecular weight excluding hydrogens is 328 g/mol. The Hall–Kier alpha value is -1.88. The predicted molar refractivity (Wildman–Crippen MR) is 98.9 cm³/mol. The molecule has 3 aliphatic rings. The number of esters is 1. The van der Waals surface area contributed by atoms with E-state index in [1.807, 2.05) is 24.1 Å². The molecule has 0 radical (unpaired) electrons. The quantitative estimate of drug-likeness (QED) is 0.779. The average Bonchev–Trinajstić information content (AvgIpc) is 3.32. The molecule has 0 aromatic heterocycles. The molecule has 1 amide bonds. The van der Waals surface area contributed by atoms with E-state index in [9.17, 15) is 9.59 Å². The van der Waals surface area contributed by atoms with Crippen LogP contribution in [0.25, 0.3) is 0 Å². The summed E-state index contributed by atoms with van der Waals surface area (Å²) in [5, 5.41) is 0. The van der Waals surface area contributed by atoms with E-state index in [2.05, 4.69) is 4.90 Å². The standard InChI is InChI=1S/C21H28N2O3/c1-22(18-9-2-3-10-19(18)23-11-4-5-12-23)20(24)13-15-7-6-8-16-17(15)14-26-21(16)25/h6-8,18-19H,2-5,9-14H2,1H3. The predicted octanol–water partition coefficient (Wildman–Crippen LogP) is 2.76. The first-order valence-electron chi connectivity index (χ1n) is 9.93. The van der Waals surface area contributed by atoms with Gasteiger partial charge in [-0.25, -0.2) is 4.79 Å². The highest BCUT2D eigenvalue weighted by atomic mass is 16.5. The van der Waals surface area contributed by atoms with Gasteiger partial charge in [-0.15, -0.1) is 0 Å². The van der Waals surface area contributed by atoms with Gasteiger partial charge < -0.3 is 9.64 Å². The molecule has 26 heavy (non-hydrogen) atoms. The molecule has 2 fully saturated rings. The van der Waals surface area contributed by atoms with Gasteiger partial charge in [-0.2, -0.15) is 0 Å². The third kappa shape index (κ3) is 3.25. The molecule has 5 nitrogen and oxygen atoms in total. The largest absolute Gasteiger partial charge is 0.457 e. The highest BCUT2D eigenvalue weighted by molar-refractivity contribution is 5.94. The molecule has 0 N–H and O–H groups in total. The van der Waals surface area contributed by atoms with Crippen molar-refractivity contribution in [3.63, 3.8) is 0 Å². The minimum absolute atomic E-state index is 0.147. The fourth-order valence-electron chi connectivity index (χ4n) is 4.89. The lowest BCUT2D eigenvalue weighted by Gasteiger charge is -2.42. The van der Waals surface area contributed by atoms with E-state index in [0.717, 1.165) is 17.5 Å². The summed E-state index contributed by atoms with van der Waals surface area (Å²) in [6, 6.07) is 6.40. The molecule has 0 spiro atoms. The number of ether oxygens (including phenoxy) is 1. The molecule has 1 saturated heterocycles. The highest BCUT2D eigenvalue weighted by Gasteiger charge is 2.35. The van der Waals surface area contributed by atoms with Crippen LogP contribution in [0.15, 0.2) is 18.2 Å². The number of benzene rings is 1. The van der Waals surface area contributed by atoms with E-state index in [-0.39, 0.29) is 11.9 Å². The number of hydrogen-bond donors (Lipinski definition) is 0. The Morgan fingerprint density at radius 3 is 2.77 bits per heavy atom. The summed E-state index contributed by atoms with van der Waals surface area (Å²) in [6.45, 7) is 2.64. The van der Waals surface area contributed by atoms with Crippen molar-refractivity contribution in [3.05, 3.63) is 34.9 Å². The molecule has 2 heterocycles.